The molecule has 0 spiro atoms. The molecule has 0 aliphatic heterocycles. The zero-order valence-corrected chi connectivity index (χ0v) is 34.3. The summed E-state index contributed by atoms with van der Waals surface area (Å²) in [6, 6.07) is 59.9. The lowest BCUT2D eigenvalue weighted by atomic mass is 9.66. The minimum absolute atomic E-state index is 0.391. The molecule has 6 aromatic carbocycles. The van der Waals surface area contributed by atoms with Crippen LogP contribution in [0.5, 0.6) is 0 Å². The van der Waals surface area contributed by atoms with Gasteiger partial charge in [-0.2, -0.15) is 0 Å². The second kappa shape index (κ2) is 14.0. The minimum Gasteiger partial charge on any atom is -0.299 e. The Morgan fingerprint density at radius 3 is 1.92 bits per heavy atom. The molecule has 4 aromatic heterocycles. The molecule has 1 aliphatic rings. The predicted octanol–water partition coefficient (Wildman–Crippen LogP) is 14.0. The number of hydrogen-bond acceptors (Lipinski definition) is 3. The van der Waals surface area contributed by atoms with Crippen molar-refractivity contribution in [2.24, 2.45) is 0 Å². The van der Waals surface area contributed by atoms with E-state index in [9.17, 15) is 0 Å². The SMILES string of the molecule is CC(C)c1cccc(C(C)C)c1-c1ccnc(-c2cccc(C3(c4cc(-c5ccccn5)c5c(ccn6c7ccccc7nc56)c4)c4ccccc4-c4ccccc43)c2)c1. The number of imidazole rings is 1. The van der Waals surface area contributed by atoms with Crippen LogP contribution in [0.15, 0.2) is 182 Å². The van der Waals surface area contributed by atoms with E-state index in [2.05, 4.69) is 196 Å². The maximum atomic E-state index is 5.24. The Hall–Kier alpha value is -7.17. The van der Waals surface area contributed by atoms with Gasteiger partial charge in [0.1, 0.15) is 5.65 Å². The summed E-state index contributed by atoms with van der Waals surface area (Å²) in [7, 11) is 0. The van der Waals surface area contributed by atoms with E-state index in [1.807, 2.05) is 18.5 Å². The lowest BCUT2D eigenvalue weighted by Gasteiger charge is -2.35. The molecule has 0 atom stereocenters. The maximum Gasteiger partial charge on any atom is 0.146 e. The Bertz CT molecular complexity index is 3210. The minimum atomic E-state index is -0.653. The van der Waals surface area contributed by atoms with Gasteiger partial charge in [0.15, 0.2) is 0 Å². The summed E-state index contributed by atoms with van der Waals surface area (Å²) in [5, 5.41) is 2.20. The molecule has 0 saturated carbocycles. The van der Waals surface area contributed by atoms with E-state index in [-0.39, 0.29) is 0 Å². The van der Waals surface area contributed by atoms with Crippen molar-refractivity contribution in [3.8, 4) is 44.8 Å². The Kier molecular flexibility index (Phi) is 8.38. The fraction of sp³-hybridized carbons (Fsp3) is 0.125. The van der Waals surface area contributed by atoms with Crippen molar-refractivity contribution in [3.63, 3.8) is 0 Å². The number of para-hydroxylation sites is 2. The van der Waals surface area contributed by atoms with Crippen LogP contribution in [0.25, 0.3) is 72.2 Å². The van der Waals surface area contributed by atoms with Gasteiger partial charge in [0, 0.05) is 35.1 Å². The third-order valence-electron chi connectivity index (χ3n) is 12.7. The fourth-order valence-electron chi connectivity index (χ4n) is 10.1. The Morgan fingerprint density at radius 1 is 0.500 bits per heavy atom. The highest BCUT2D eigenvalue weighted by molar-refractivity contribution is 6.08. The third-order valence-corrected chi connectivity index (χ3v) is 12.7. The molecule has 0 radical (unpaired) electrons. The number of fused-ring (bicyclic) bond motifs is 8. The van der Waals surface area contributed by atoms with Crippen LogP contribution in [0.2, 0.25) is 0 Å². The average molecular weight is 773 g/mol. The lowest BCUT2D eigenvalue weighted by molar-refractivity contribution is 0.770. The Morgan fingerprint density at radius 2 is 1.18 bits per heavy atom. The number of nitrogens with zero attached hydrogens (tertiary/aromatic N) is 4. The van der Waals surface area contributed by atoms with Crippen LogP contribution in [0.4, 0.5) is 0 Å². The summed E-state index contributed by atoms with van der Waals surface area (Å²) in [5.41, 5.74) is 19.0. The van der Waals surface area contributed by atoms with Crippen LogP contribution in [-0.2, 0) is 5.41 Å². The first-order valence-corrected chi connectivity index (χ1v) is 21.1. The van der Waals surface area contributed by atoms with Gasteiger partial charge in [0.05, 0.1) is 27.8 Å². The molecule has 0 saturated heterocycles. The van der Waals surface area contributed by atoms with Crippen LogP contribution in [0, 0.1) is 0 Å². The van der Waals surface area contributed by atoms with E-state index >= 15 is 0 Å². The molecule has 4 heterocycles. The Labute approximate surface area is 350 Å². The van der Waals surface area contributed by atoms with Gasteiger partial charge >= 0.3 is 0 Å². The molecule has 4 nitrogen and oxygen atoms in total. The van der Waals surface area contributed by atoms with E-state index < -0.39 is 5.41 Å². The number of benzene rings is 6. The molecule has 0 N–H and O–H groups in total. The molecule has 11 rings (SSSR count). The molecule has 10 aromatic rings. The molecule has 0 amide bonds. The monoisotopic (exact) mass is 772 g/mol. The van der Waals surface area contributed by atoms with E-state index in [0.29, 0.717) is 11.8 Å². The van der Waals surface area contributed by atoms with Crippen molar-refractivity contribution >= 4 is 27.5 Å². The summed E-state index contributed by atoms with van der Waals surface area (Å²) in [6.07, 6.45) is 6.04. The zero-order chi connectivity index (χ0) is 40.5. The molecular formula is C56H44N4. The fourth-order valence-corrected chi connectivity index (χ4v) is 10.1. The van der Waals surface area contributed by atoms with Crippen molar-refractivity contribution in [1.29, 1.82) is 0 Å². The predicted molar refractivity (Wildman–Crippen MR) is 248 cm³/mol. The molecular weight excluding hydrogens is 729 g/mol. The third kappa shape index (κ3) is 5.40. The second-order valence-electron chi connectivity index (χ2n) is 16.8. The van der Waals surface area contributed by atoms with E-state index in [4.69, 9.17) is 15.0 Å². The number of pyridine rings is 3. The van der Waals surface area contributed by atoms with Crippen LogP contribution < -0.4 is 0 Å². The first-order chi connectivity index (χ1) is 29.4. The maximum absolute atomic E-state index is 5.24. The Balaban J connectivity index is 1.19. The summed E-state index contributed by atoms with van der Waals surface area (Å²) < 4.78 is 2.22. The topological polar surface area (TPSA) is 43.1 Å². The molecule has 288 valence electrons. The molecule has 60 heavy (non-hydrogen) atoms. The van der Waals surface area contributed by atoms with Crippen LogP contribution in [0.1, 0.15) is 72.9 Å². The van der Waals surface area contributed by atoms with Crippen molar-refractivity contribution in [3.05, 3.63) is 216 Å². The molecule has 0 fully saturated rings. The van der Waals surface area contributed by atoms with Gasteiger partial charge in [-0.3, -0.25) is 14.4 Å². The lowest BCUT2D eigenvalue weighted by Crippen LogP contribution is -2.28. The summed E-state index contributed by atoms with van der Waals surface area (Å²) in [4.78, 5) is 15.3. The van der Waals surface area contributed by atoms with Crippen molar-refractivity contribution in [1.82, 2.24) is 19.4 Å². The van der Waals surface area contributed by atoms with Gasteiger partial charge < -0.3 is 0 Å². The normalized spacial score (nSPS) is 13.1. The molecule has 0 unspecified atom stereocenters. The van der Waals surface area contributed by atoms with Gasteiger partial charge in [-0.1, -0.05) is 131 Å². The molecule has 1 aliphatic carbocycles. The molecule has 4 heteroatoms. The standard InChI is InChI=1S/C56H44N4/c1-35(2)42-19-14-20-43(36(3)4)53(42)38-26-29-58-51(33-38)37-15-13-16-40(31-37)56(47-21-7-5-17-44(47)45-18-6-8-22-48(45)56)41-32-39-27-30-60-52-25-10-9-24-50(52)59-55(60)54(39)46(34-41)49-23-11-12-28-57-49/h5-36H,1-4H3. The van der Waals surface area contributed by atoms with Crippen LogP contribution >= 0.6 is 0 Å². The van der Waals surface area contributed by atoms with Crippen molar-refractivity contribution in [2.45, 2.75) is 44.9 Å². The quantitative estimate of drug-likeness (QED) is 0.162. The van der Waals surface area contributed by atoms with Gasteiger partial charge in [0.2, 0.25) is 0 Å². The average Bonchev–Trinajstić information content (AvgIpc) is 3.83. The van der Waals surface area contributed by atoms with Gasteiger partial charge in [-0.25, -0.2) is 4.98 Å². The highest BCUT2D eigenvalue weighted by atomic mass is 15.0. The van der Waals surface area contributed by atoms with Crippen LogP contribution in [-0.4, -0.2) is 19.4 Å². The van der Waals surface area contributed by atoms with E-state index in [1.54, 1.807) is 0 Å². The van der Waals surface area contributed by atoms with Gasteiger partial charge in [0.25, 0.3) is 0 Å². The van der Waals surface area contributed by atoms with E-state index in [1.165, 1.54) is 55.6 Å². The summed E-state index contributed by atoms with van der Waals surface area (Å²) in [5.74, 6) is 0.783. The number of aromatic nitrogens is 4. The highest BCUT2D eigenvalue weighted by Gasteiger charge is 2.46. The summed E-state index contributed by atoms with van der Waals surface area (Å²) in [6.45, 7) is 9.16. The van der Waals surface area contributed by atoms with Gasteiger partial charge in [-0.05, 0) is 134 Å². The first kappa shape index (κ1) is 36.0. The van der Waals surface area contributed by atoms with Gasteiger partial charge in [-0.15, -0.1) is 0 Å². The number of rotatable bonds is 7. The zero-order valence-electron chi connectivity index (χ0n) is 34.3. The second-order valence-corrected chi connectivity index (χ2v) is 16.8. The number of hydrogen-bond donors (Lipinski definition) is 0. The highest BCUT2D eigenvalue weighted by Crippen LogP contribution is 2.57. The summed E-state index contributed by atoms with van der Waals surface area (Å²) >= 11 is 0. The van der Waals surface area contributed by atoms with Crippen molar-refractivity contribution < 1.29 is 0 Å². The smallest absolute Gasteiger partial charge is 0.146 e. The first-order valence-electron chi connectivity index (χ1n) is 21.1. The molecule has 0 bridgehead atoms. The van der Waals surface area contributed by atoms with Crippen molar-refractivity contribution in [2.75, 3.05) is 0 Å². The van der Waals surface area contributed by atoms with Crippen LogP contribution in [0.3, 0.4) is 0 Å². The largest absolute Gasteiger partial charge is 0.299 e. The van der Waals surface area contributed by atoms with E-state index in [0.717, 1.165) is 50.0 Å².